The van der Waals surface area contributed by atoms with E-state index in [4.69, 9.17) is 0 Å². The molecule has 0 unspecified atom stereocenters. The Morgan fingerprint density at radius 3 is 2.70 bits per heavy atom. The average molecular weight is 305 g/mol. The molecule has 6 heteroatoms. The van der Waals surface area contributed by atoms with E-state index in [0.717, 1.165) is 11.3 Å². The Hall–Kier alpha value is -3.15. The molecule has 114 valence electrons. The number of hydrogen-bond donors (Lipinski definition) is 1. The van der Waals surface area contributed by atoms with Crippen molar-refractivity contribution in [2.24, 2.45) is 0 Å². The number of pyridine rings is 2. The van der Waals surface area contributed by atoms with Crippen molar-refractivity contribution in [3.63, 3.8) is 0 Å². The summed E-state index contributed by atoms with van der Waals surface area (Å²) in [6.07, 6.45) is 8.83. The van der Waals surface area contributed by atoms with Crippen LogP contribution in [0.2, 0.25) is 0 Å². The van der Waals surface area contributed by atoms with Crippen molar-refractivity contribution in [3.05, 3.63) is 72.7 Å². The number of rotatable bonds is 5. The number of aromatic nitrogens is 4. The minimum absolute atomic E-state index is 0.138. The Morgan fingerprint density at radius 1 is 1.04 bits per heavy atom. The Morgan fingerprint density at radius 2 is 1.91 bits per heavy atom. The van der Waals surface area contributed by atoms with Crippen LogP contribution in [0.4, 0.5) is 0 Å². The van der Waals surface area contributed by atoms with Gasteiger partial charge in [0.2, 0.25) is 0 Å². The van der Waals surface area contributed by atoms with Crippen molar-refractivity contribution in [1.82, 2.24) is 25.3 Å². The third kappa shape index (κ3) is 3.94. The number of hydrogen-bond acceptors (Lipinski definition) is 5. The molecule has 0 bridgehead atoms. The van der Waals surface area contributed by atoms with Crippen molar-refractivity contribution >= 4 is 5.91 Å². The number of nitrogens with one attached hydrogen (secondary N) is 1. The van der Waals surface area contributed by atoms with E-state index in [1.54, 1.807) is 36.9 Å². The highest BCUT2D eigenvalue weighted by Crippen LogP contribution is 2.15. The van der Waals surface area contributed by atoms with Gasteiger partial charge in [0.25, 0.3) is 5.91 Å². The van der Waals surface area contributed by atoms with Crippen LogP contribution < -0.4 is 5.32 Å². The van der Waals surface area contributed by atoms with Gasteiger partial charge in [-0.3, -0.25) is 14.8 Å². The molecule has 0 aliphatic heterocycles. The summed E-state index contributed by atoms with van der Waals surface area (Å²) in [6, 6.07) is 9.15. The summed E-state index contributed by atoms with van der Waals surface area (Å²) >= 11 is 0. The second-order valence-electron chi connectivity index (χ2n) is 4.88. The summed E-state index contributed by atoms with van der Waals surface area (Å²) < 4.78 is 0. The smallest absolute Gasteiger partial charge is 0.251 e. The lowest BCUT2D eigenvalue weighted by Crippen LogP contribution is -2.26. The summed E-state index contributed by atoms with van der Waals surface area (Å²) in [6.45, 7) is 0.530. The molecule has 0 aliphatic rings. The largest absolute Gasteiger partial charge is 0.352 e. The lowest BCUT2D eigenvalue weighted by Gasteiger charge is -2.06. The topological polar surface area (TPSA) is 80.7 Å². The zero-order chi connectivity index (χ0) is 15.9. The van der Waals surface area contributed by atoms with Crippen LogP contribution >= 0.6 is 0 Å². The van der Waals surface area contributed by atoms with Gasteiger partial charge < -0.3 is 5.32 Å². The van der Waals surface area contributed by atoms with Crippen molar-refractivity contribution in [3.8, 4) is 11.3 Å². The molecule has 0 radical (unpaired) electrons. The summed E-state index contributed by atoms with van der Waals surface area (Å²) in [5.74, 6) is -0.138. The van der Waals surface area contributed by atoms with E-state index >= 15 is 0 Å². The first kappa shape index (κ1) is 14.8. The maximum Gasteiger partial charge on any atom is 0.251 e. The molecule has 3 aromatic rings. The van der Waals surface area contributed by atoms with Crippen LogP contribution in [0.25, 0.3) is 11.3 Å². The number of carbonyl (C=O) groups is 1. The van der Waals surface area contributed by atoms with E-state index in [9.17, 15) is 4.79 Å². The van der Waals surface area contributed by atoms with Crippen LogP contribution in [0.1, 0.15) is 16.1 Å². The summed E-state index contributed by atoms with van der Waals surface area (Å²) in [5, 5.41) is 2.89. The fourth-order valence-electron chi connectivity index (χ4n) is 2.11. The van der Waals surface area contributed by atoms with Crippen LogP contribution in [-0.4, -0.2) is 32.4 Å². The van der Waals surface area contributed by atoms with Gasteiger partial charge in [0, 0.05) is 54.6 Å². The van der Waals surface area contributed by atoms with E-state index < -0.39 is 0 Å². The van der Waals surface area contributed by atoms with E-state index in [1.807, 2.05) is 18.2 Å². The Kier molecular flexibility index (Phi) is 4.63. The van der Waals surface area contributed by atoms with Crippen LogP contribution in [0.3, 0.4) is 0 Å². The molecule has 0 atom stereocenters. The molecular weight excluding hydrogens is 290 g/mol. The predicted molar refractivity (Wildman–Crippen MR) is 85.5 cm³/mol. The zero-order valence-electron chi connectivity index (χ0n) is 12.4. The highest BCUT2D eigenvalue weighted by molar-refractivity contribution is 5.95. The van der Waals surface area contributed by atoms with Gasteiger partial charge in [-0.05, 0) is 24.3 Å². The zero-order valence-corrected chi connectivity index (χ0v) is 12.4. The molecule has 1 amide bonds. The molecule has 3 aromatic heterocycles. The lowest BCUT2D eigenvalue weighted by molar-refractivity contribution is 0.0954. The van der Waals surface area contributed by atoms with E-state index in [-0.39, 0.29) is 5.91 Å². The molecule has 0 saturated heterocycles. The average Bonchev–Trinajstić information content (AvgIpc) is 2.63. The maximum absolute atomic E-state index is 12.2. The van der Waals surface area contributed by atoms with Crippen LogP contribution in [0.5, 0.6) is 0 Å². The Labute approximate surface area is 133 Å². The standard InChI is InChI=1S/C17H15N5O/c23-17(22-8-5-15-3-1-2-6-20-15)13-4-7-21-16(9-13)14-10-18-12-19-11-14/h1-4,6-7,9-12H,5,8H2,(H,22,23). The number of carbonyl (C=O) groups excluding carboxylic acids is 1. The first-order chi connectivity index (χ1) is 11.3. The second-order valence-corrected chi connectivity index (χ2v) is 4.88. The van der Waals surface area contributed by atoms with Crippen molar-refractivity contribution < 1.29 is 4.79 Å². The maximum atomic E-state index is 12.2. The first-order valence-corrected chi connectivity index (χ1v) is 7.22. The highest BCUT2D eigenvalue weighted by Gasteiger charge is 2.08. The number of amides is 1. The van der Waals surface area contributed by atoms with E-state index in [0.29, 0.717) is 24.2 Å². The summed E-state index contributed by atoms with van der Waals surface area (Å²) in [4.78, 5) is 28.6. The van der Waals surface area contributed by atoms with Gasteiger partial charge in [-0.1, -0.05) is 6.07 Å². The Bertz CT molecular complexity index is 777. The van der Waals surface area contributed by atoms with Crippen LogP contribution in [0, 0.1) is 0 Å². The fourth-order valence-corrected chi connectivity index (χ4v) is 2.11. The molecule has 23 heavy (non-hydrogen) atoms. The van der Waals surface area contributed by atoms with Gasteiger partial charge in [-0.15, -0.1) is 0 Å². The number of nitrogens with zero attached hydrogens (tertiary/aromatic N) is 4. The first-order valence-electron chi connectivity index (χ1n) is 7.22. The van der Waals surface area contributed by atoms with E-state index in [2.05, 4.69) is 25.3 Å². The molecule has 0 aromatic carbocycles. The summed E-state index contributed by atoms with van der Waals surface area (Å²) in [7, 11) is 0. The van der Waals surface area contributed by atoms with Crippen molar-refractivity contribution in [2.75, 3.05) is 6.54 Å². The molecule has 3 rings (SSSR count). The van der Waals surface area contributed by atoms with Gasteiger partial charge in [-0.25, -0.2) is 9.97 Å². The van der Waals surface area contributed by atoms with E-state index in [1.165, 1.54) is 6.33 Å². The minimum atomic E-state index is -0.138. The van der Waals surface area contributed by atoms with Gasteiger partial charge in [0.15, 0.2) is 0 Å². The molecule has 0 spiro atoms. The van der Waals surface area contributed by atoms with Gasteiger partial charge in [0.05, 0.1) is 5.69 Å². The van der Waals surface area contributed by atoms with Crippen molar-refractivity contribution in [1.29, 1.82) is 0 Å². The summed E-state index contributed by atoms with van der Waals surface area (Å²) in [5.41, 5.74) is 2.95. The van der Waals surface area contributed by atoms with Gasteiger partial charge in [0.1, 0.15) is 6.33 Å². The monoisotopic (exact) mass is 305 g/mol. The molecule has 0 saturated carbocycles. The van der Waals surface area contributed by atoms with Gasteiger partial charge >= 0.3 is 0 Å². The molecule has 0 fully saturated rings. The minimum Gasteiger partial charge on any atom is -0.352 e. The Balaban J connectivity index is 1.64. The van der Waals surface area contributed by atoms with Crippen LogP contribution in [0.15, 0.2) is 61.4 Å². The molecule has 1 N–H and O–H groups in total. The molecule has 0 aliphatic carbocycles. The molecule has 3 heterocycles. The third-order valence-corrected chi connectivity index (χ3v) is 3.27. The third-order valence-electron chi connectivity index (χ3n) is 3.27. The lowest BCUT2D eigenvalue weighted by atomic mass is 10.1. The second kappa shape index (κ2) is 7.22. The highest BCUT2D eigenvalue weighted by atomic mass is 16.1. The quantitative estimate of drug-likeness (QED) is 0.778. The fraction of sp³-hybridized carbons (Fsp3) is 0.118. The predicted octanol–water partition coefficient (Wildman–Crippen LogP) is 1.91. The van der Waals surface area contributed by atoms with Crippen LogP contribution in [-0.2, 0) is 6.42 Å². The normalized spacial score (nSPS) is 10.3. The van der Waals surface area contributed by atoms with Gasteiger partial charge in [-0.2, -0.15) is 0 Å². The molecular formula is C17H15N5O. The van der Waals surface area contributed by atoms with Crippen molar-refractivity contribution in [2.45, 2.75) is 6.42 Å². The SMILES string of the molecule is O=C(NCCc1ccccn1)c1ccnc(-c2cncnc2)c1. The molecule has 6 nitrogen and oxygen atoms in total.